The van der Waals surface area contributed by atoms with Gasteiger partial charge in [0, 0.05) is 29.1 Å². The maximum Gasteiger partial charge on any atom is 0.209 e. The molecular weight excluding hydrogens is 372 g/mol. The second-order valence-corrected chi connectivity index (χ2v) is 9.78. The van der Waals surface area contributed by atoms with Gasteiger partial charge in [-0.1, -0.05) is 23.7 Å². The van der Waals surface area contributed by atoms with E-state index in [4.69, 9.17) is 11.6 Å². The molecule has 0 amide bonds. The SMILES string of the molecule is CCNC(=NCC(C)(C)NS(C)(=O)=O)NCC1(c2cccc(Cl)c2)CC1. The molecule has 6 nitrogen and oxygen atoms in total. The van der Waals surface area contributed by atoms with Crippen molar-refractivity contribution < 1.29 is 8.42 Å². The molecule has 0 aliphatic heterocycles. The molecule has 146 valence electrons. The van der Waals surface area contributed by atoms with Gasteiger partial charge in [0.15, 0.2) is 5.96 Å². The molecule has 1 fully saturated rings. The number of hydrogen-bond acceptors (Lipinski definition) is 3. The summed E-state index contributed by atoms with van der Waals surface area (Å²) in [6, 6.07) is 8.01. The van der Waals surface area contributed by atoms with Crippen LogP contribution in [0.5, 0.6) is 0 Å². The van der Waals surface area contributed by atoms with Crippen LogP contribution < -0.4 is 15.4 Å². The van der Waals surface area contributed by atoms with Crippen molar-refractivity contribution in [1.29, 1.82) is 0 Å². The number of rotatable bonds is 8. The van der Waals surface area contributed by atoms with E-state index in [1.165, 1.54) is 5.56 Å². The van der Waals surface area contributed by atoms with Gasteiger partial charge < -0.3 is 10.6 Å². The number of nitrogens with zero attached hydrogens (tertiary/aromatic N) is 1. The lowest BCUT2D eigenvalue weighted by Gasteiger charge is -2.24. The third kappa shape index (κ3) is 6.45. The van der Waals surface area contributed by atoms with Crippen molar-refractivity contribution in [3.05, 3.63) is 34.9 Å². The van der Waals surface area contributed by atoms with E-state index in [0.29, 0.717) is 12.5 Å². The molecule has 0 aromatic heterocycles. The lowest BCUT2D eigenvalue weighted by atomic mass is 9.96. The topological polar surface area (TPSA) is 82.6 Å². The van der Waals surface area contributed by atoms with Crippen LogP contribution in [-0.4, -0.2) is 45.8 Å². The second kappa shape index (κ2) is 8.15. The van der Waals surface area contributed by atoms with Crippen molar-refractivity contribution >= 4 is 27.6 Å². The van der Waals surface area contributed by atoms with Crippen LogP contribution in [-0.2, 0) is 15.4 Å². The van der Waals surface area contributed by atoms with Gasteiger partial charge in [-0.05, 0) is 51.3 Å². The molecule has 0 bridgehead atoms. The summed E-state index contributed by atoms with van der Waals surface area (Å²) in [6.07, 6.45) is 3.38. The van der Waals surface area contributed by atoms with E-state index >= 15 is 0 Å². The number of sulfonamides is 1. The fourth-order valence-electron chi connectivity index (χ4n) is 2.94. The predicted molar refractivity (Wildman–Crippen MR) is 108 cm³/mol. The van der Waals surface area contributed by atoms with Crippen LogP contribution in [0.2, 0.25) is 5.02 Å². The Morgan fingerprint density at radius 3 is 2.54 bits per heavy atom. The average molecular weight is 401 g/mol. The molecule has 26 heavy (non-hydrogen) atoms. The minimum absolute atomic E-state index is 0.0988. The van der Waals surface area contributed by atoms with Crippen LogP contribution in [0.1, 0.15) is 39.2 Å². The summed E-state index contributed by atoms with van der Waals surface area (Å²) in [5.41, 5.74) is 0.689. The zero-order chi connectivity index (χ0) is 19.4. The van der Waals surface area contributed by atoms with E-state index in [1.807, 2.05) is 39.0 Å². The molecule has 1 aliphatic rings. The first-order chi connectivity index (χ1) is 12.1. The Bertz CT molecular complexity index is 758. The van der Waals surface area contributed by atoms with Gasteiger partial charge in [0.1, 0.15) is 0 Å². The van der Waals surface area contributed by atoms with E-state index in [2.05, 4.69) is 26.4 Å². The van der Waals surface area contributed by atoms with Crippen molar-refractivity contribution in [1.82, 2.24) is 15.4 Å². The number of nitrogens with one attached hydrogen (secondary N) is 3. The molecule has 0 atom stereocenters. The Labute approximate surface area is 161 Å². The van der Waals surface area contributed by atoms with E-state index in [9.17, 15) is 8.42 Å². The van der Waals surface area contributed by atoms with Gasteiger partial charge in [0.25, 0.3) is 0 Å². The molecule has 0 spiro atoms. The van der Waals surface area contributed by atoms with Crippen molar-refractivity contribution in [3.8, 4) is 0 Å². The molecular formula is C18H29ClN4O2S. The third-order valence-corrected chi connectivity index (χ3v) is 5.48. The summed E-state index contributed by atoms with van der Waals surface area (Å²) >= 11 is 6.13. The highest BCUT2D eigenvalue weighted by molar-refractivity contribution is 7.88. The molecule has 1 aromatic carbocycles. The smallest absolute Gasteiger partial charge is 0.209 e. The molecule has 0 heterocycles. The largest absolute Gasteiger partial charge is 0.357 e. The van der Waals surface area contributed by atoms with Crippen molar-refractivity contribution in [2.24, 2.45) is 4.99 Å². The monoisotopic (exact) mass is 400 g/mol. The number of aliphatic imine (C=N–C) groups is 1. The van der Waals surface area contributed by atoms with Gasteiger partial charge in [-0.15, -0.1) is 0 Å². The number of guanidine groups is 1. The standard InChI is InChI=1S/C18H29ClN4O2S/c1-5-20-16(21-12-17(2,3)23-26(4,24)25)22-13-18(9-10-18)14-7-6-8-15(19)11-14/h6-8,11,23H,5,9-10,12-13H2,1-4H3,(H2,20,21,22). The minimum Gasteiger partial charge on any atom is -0.357 e. The van der Waals surface area contributed by atoms with Crippen LogP contribution in [0.25, 0.3) is 0 Å². The fraction of sp³-hybridized carbons (Fsp3) is 0.611. The molecule has 1 saturated carbocycles. The first-order valence-corrected chi connectivity index (χ1v) is 11.1. The van der Waals surface area contributed by atoms with Crippen LogP contribution in [0.15, 0.2) is 29.3 Å². The Hall–Kier alpha value is -1.31. The molecule has 0 radical (unpaired) electrons. The maximum absolute atomic E-state index is 11.5. The van der Waals surface area contributed by atoms with E-state index < -0.39 is 15.6 Å². The summed E-state index contributed by atoms with van der Waals surface area (Å²) in [5.74, 6) is 0.684. The molecule has 1 aromatic rings. The summed E-state index contributed by atoms with van der Waals surface area (Å²) in [4.78, 5) is 4.55. The van der Waals surface area contributed by atoms with Gasteiger partial charge in [-0.25, -0.2) is 13.1 Å². The zero-order valence-electron chi connectivity index (χ0n) is 15.9. The molecule has 8 heteroatoms. The van der Waals surface area contributed by atoms with E-state index in [-0.39, 0.29) is 5.41 Å². The van der Waals surface area contributed by atoms with Gasteiger partial charge in [0.05, 0.1) is 12.8 Å². The summed E-state index contributed by atoms with van der Waals surface area (Å²) in [6.45, 7) is 7.46. The van der Waals surface area contributed by atoms with Crippen molar-refractivity contribution in [2.45, 2.75) is 44.6 Å². The highest BCUT2D eigenvalue weighted by Crippen LogP contribution is 2.48. The van der Waals surface area contributed by atoms with Gasteiger partial charge >= 0.3 is 0 Å². The minimum atomic E-state index is -3.28. The van der Waals surface area contributed by atoms with Crippen molar-refractivity contribution in [2.75, 3.05) is 25.9 Å². The van der Waals surface area contributed by atoms with E-state index in [0.717, 1.165) is 37.2 Å². The molecule has 3 N–H and O–H groups in total. The highest BCUT2D eigenvalue weighted by atomic mass is 35.5. The Kier molecular flexibility index (Phi) is 6.58. The van der Waals surface area contributed by atoms with Gasteiger partial charge in [-0.2, -0.15) is 0 Å². The lowest BCUT2D eigenvalue weighted by molar-refractivity contribution is 0.464. The number of halogens is 1. The Morgan fingerprint density at radius 1 is 1.31 bits per heavy atom. The van der Waals surface area contributed by atoms with Crippen LogP contribution >= 0.6 is 11.6 Å². The first-order valence-electron chi connectivity index (χ1n) is 8.82. The molecule has 0 unspecified atom stereocenters. The summed E-state index contributed by atoms with van der Waals surface area (Å²) in [7, 11) is -3.28. The highest BCUT2D eigenvalue weighted by Gasteiger charge is 2.44. The van der Waals surface area contributed by atoms with Crippen LogP contribution in [0.4, 0.5) is 0 Å². The molecule has 0 saturated heterocycles. The van der Waals surface area contributed by atoms with Crippen molar-refractivity contribution in [3.63, 3.8) is 0 Å². The Morgan fingerprint density at radius 2 is 2.00 bits per heavy atom. The maximum atomic E-state index is 11.5. The first kappa shape index (κ1) is 21.0. The summed E-state index contributed by atoms with van der Waals surface area (Å²) < 4.78 is 25.5. The average Bonchev–Trinajstić information content (AvgIpc) is 3.29. The van der Waals surface area contributed by atoms with E-state index in [1.54, 1.807) is 0 Å². The van der Waals surface area contributed by atoms with Gasteiger partial charge in [-0.3, -0.25) is 4.99 Å². The zero-order valence-corrected chi connectivity index (χ0v) is 17.5. The van der Waals surface area contributed by atoms with Crippen LogP contribution in [0, 0.1) is 0 Å². The quantitative estimate of drug-likeness (QED) is 0.461. The van der Waals surface area contributed by atoms with Crippen LogP contribution in [0.3, 0.4) is 0 Å². The summed E-state index contributed by atoms with van der Waals surface area (Å²) in [5, 5.41) is 7.36. The fourth-order valence-corrected chi connectivity index (χ4v) is 4.20. The molecule has 1 aliphatic carbocycles. The lowest BCUT2D eigenvalue weighted by Crippen LogP contribution is -2.47. The second-order valence-electron chi connectivity index (χ2n) is 7.60. The van der Waals surface area contributed by atoms with Gasteiger partial charge in [0.2, 0.25) is 10.0 Å². The number of benzene rings is 1. The normalized spacial score (nSPS) is 17.0. The Balaban J connectivity index is 2.02. The number of hydrogen-bond donors (Lipinski definition) is 3. The molecule has 2 rings (SSSR count). The predicted octanol–water partition coefficient (Wildman–Crippen LogP) is 2.25. The third-order valence-electron chi connectivity index (χ3n) is 4.32.